The van der Waals surface area contributed by atoms with Gasteiger partial charge < -0.3 is 15.4 Å². The largest absolute Gasteiger partial charge is 0.493 e. The Balaban J connectivity index is 1.57. The molecule has 3 aromatic carbocycles. The van der Waals surface area contributed by atoms with E-state index in [-0.39, 0.29) is 22.1 Å². The highest BCUT2D eigenvalue weighted by atomic mass is 32.2. The number of benzene rings is 3. The molecule has 230 valence electrons. The molecule has 1 aliphatic rings. The number of carbonyl (C=O) groups excluding carboxylic acids is 1. The van der Waals surface area contributed by atoms with Crippen molar-refractivity contribution in [1.82, 2.24) is 9.71 Å². The van der Waals surface area contributed by atoms with Gasteiger partial charge in [-0.1, -0.05) is 50.2 Å². The lowest BCUT2D eigenvalue weighted by Crippen LogP contribution is -2.45. The fraction of sp³-hybridized carbons (Fsp3) is 0.294. The molecule has 0 saturated carbocycles. The van der Waals surface area contributed by atoms with Crippen LogP contribution in [0.15, 0.2) is 89.8 Å². The van der Waals surface area contributed by atoms with Crippen LogP contribution in [-0.4, -0.2) is 38.0 Å². The van der Waals surface area contributed by atoms with Crippen molar-refractivity contribution in [3.05, 3.63) is 102 Å². The topological polar surface area (TPSA) is 115 Å². The van der Waals surface area contributed by atoms with Crippen LogP contribution in [0, 0.1) is 11.7 Å². The van der Waals surface area contributed by atoms with E-state index >= 15 is 0 Å². The summed E-state index contributed by atoms with van der Waals surface area (Å²) in [6.07, 6.45) is 2.38. The van der Waals surface area contributed by atoms with E-state index in [0.717, 1.165) is 18.4 Å². The van der Waals surface area contributed by atoms with Gasteiger partial charge >= 0.3 is 0 Å². The molecule has 0 spiro atoms. The molecule has 0 radical (unpaired) electrons. The van der Waals surface area contributed by atoms with Crippen LogP contribution in [0.25, 0.3) is 11.3 Å². The normalized spacial score (nSPS) is 16.7. The molecular weight excluding hydrogens is 579 g/mol. The summed E-state index contributed by atoms with van der Waals surface area (Å²) in [5.74, 6) is -0.342. The number of rotatable bonds is 10. The van der Waals surface area contributed by atoms with Crippen molar-refractivity contribution < 1.29 is 22.3 Å². The summed E-state index contributed by atoms with van der Waals surface area (Å²) < 4.78 is 49.0. The van der Waals surface area contributed by atoms with Crippen molar-refractivity contribution in [1.29, 1.82) is 0 Å². The molecular formula is C34H37FN4O4S. The van der Waals surface area contributed by atoms with Gasteiger partial charge in [-0.25, -0.2) is 22.5 Å². The monoisotopic (exact) mass is 616 g/mol. The van der Waals surface area contributed by atoms with Crippen LogP contribution in [0.2, 0.25) is 0 Å². The van der Waals surface area contributed by atoms with Crippen molar-refractivity contribution in [2.45, 2.75) is 50.5 Å². The number of amides is 1. The standard InChI is InChI=1S/C34H37FN4O4S/c1-23(2)22-43-28-18-25(17-26(35)19-28)31-14-13-30(33(40)38-44(41,42)29-12-7-11-27(36)20-29)32(37-31)39-16-8-15-34(39,3)21-24-9-5-4-6-10-24/h4-7,9-14,17-20,23H,8,15-16,21-22,36H2,1-3H3,(H,38,40). The molecule has 1 aliphatic heterocycles. The molecule has 8 nitrogen and oxygen atoms in total. The summed E-state index contributed by atoms with van der Waals surface area (Å²) in [6.45, 7) is 7.16. The van der Waals surface area contributed by atoms with Gasteiger partial charge in [0.05, 0.1) is 22.8 Å². The van der Waals surface area contributed by atoms with Gasteiger partial charge in [0.25, 0.3) is 15.9 Å². The van der Waals surface area contributed by atoms with E-state index in [4.69, 9.17) is 15.5 Å². The second-order valence-corrected chi connectivity index (χ2v) is 13.6. The molecule has 10 heteroatoms. The van der Waals surface area contributed by atoms with Crippen LogP contribution < -0.4 is 20.1 Å². The van der Waals surface area contributed by atoms with Gasteiger partial charge in [0, 0.05) is 29.4 Å². The Kier molecular flexibility index (Phi) is 8.92. The second-order valence-electron chi connectivity index (χ2n) is 11.9. The Bertz CT molecular complexity index is 1760. The molecule has 4 aromatic rings. The molecule has 0 bridgehead atoms. The Morgan fingerprint density at radius 2 is 1.84 bits per heavy atom. The van der Waals surface area contributed by atoms with E-state index in [2.05, 4.69) is 28.7 Å². The highest BCUT2D eigenvalue weighted by Gasteiger charge is 2.39. The minimum absolute atomic E-state index is 0.0927. The number of hydrogen-bond donors (Lipinski definition) is 2. The SMILES string of the molecule is CC(C)COc1cc(F)cc(-c2ccc(C(=O)NS(=O)(=O)c3cccc(N)c3)c(N3CCCC3(C)Cc3ccccc3)n2)c1. The van der Waals surface area contributed by atoms with Gasteiger partial charge in [-0.05, 0) is 80.1 Å². The zero-order valence-corrected chi connectivity index (χ0v) is 25.9. The van der Waals surface area contributed by atoms with E-state index < -0.39 is 27.3 Å². The zero-order valence-electron chi connectivity index (χ0n) is 25.1. The third-order valence-electron chi connectivity index (χ3n) is 7.70. The molecule has 1 unspecified atom stereocenters. The molecule has 1 atom stereocenters. The first-order chi connectivity index (χ1) is 20.9. The zero-order chi connectivity index (χ0) is 31.5. The number of pyridine rings is 1. The average Bonchev–Trinajstić information content (AvgIpc) is 3.36. The molecule has 3 N–H and O–H groups in total. The highest BCUT2D eigenvalue weighted by molar-refractivity contribution is 7.90. The summed E-state index contributed by atoms with van der Waals surface area (Å²) in [5, 5.41) is 0. The lowest BCUT2D eigenvalue weighted by Gasteiger charge is -2.37. The maximum Gasteiger partial charge on any atom is 0.268 e. The van der Waals surface area contributed by atoms with Gasteiger partial charge in [0.2, 0.25) is 0 Å². The lowest BCUT2D eigenvalue weighted by molar-refractivity contribution is 0.0981. The quantitative estimate of drug-likeness (QED) is 0.203. The average molecular weight is 617 g/mol. The van der Waals surface area contributed by atoms with Crippen molar-refractivity contribution >= 4 is 27.4 Å². The smallest absolute Gasteiger partial charge is 0.268 e. The molecule has 1 fully saturated rings. The van der Waals surface area contributed by atoms with Crippen molar-refractivity contribution in [3.63, 3.8) is 0 Å². The molecule has 2 heterocycles. The fourth-order valence-electron chi connectivity index (χ4n) is 5.57. The van der Waals surface area contributed by atoms with Crippen molar-refractivity contribution in [2.24, 2.45) is 5.92 Å². The van der Waals surface area contributed by atoms with Crippen molar-refractivity contribution in [2.75, 3.05) is 23.8 Å². The minimum atomic E-state index is -4.23. The van der Waals surface area contributed by atoms with Crippen LogP contribution in [0.4, 0.5) is 15.9 Å². The molecule has 0 aliphatic carbocycles. The minimum Gasteiger partial charge on any atom is -0.493 e. The van der Waals surface area contributed by atoms with Crippen LogP contribution in [0.3, 0.4) is 0 Å². The first kappa shape index (κ1) is 31.0. The van der Waals surface area contributed by atoms with Crippen LogP contribution in [0.1, 0.15) is 49.5 Å². The Hall–Kier alpha value is -4.44. The van der Waals surface area contributed by atoms with E-state index in [9.17, 15) is 17.6 Å². The maximum absolute atomic E-state index is 14.7. The number of nitrogens with two attached hydrogens (primary N) is 1. The number of nitrogens with one attached hydrogen (secondary N) is 1. The van der Waals surface area contributed by atoms with Gasteiger partial charge in [-0.15, -0.1) is 0 Å². The number of halogens is 1. The Morgan fingerprint density at radius 1 is 1.07 bits per heavy atom. The van der Waals surface area contributed by atoms with E-state index in [0.29, 0.717) is 42.4 Å². The van der Waals surface area contributed by atoms with E-state index in [1.807, 2.05) is 32.0 Å². The lowest BCUT2D eigenvalue weighted by atomic mass is 9.90. The number of aromatic nitrogens is 1. The summed E-state index contributed by atoms with van der Waals surface area (Å²) >= 11 is 0. The first-order valence-electron chi connectivity index (χ1n) is 14.6. The molecule has 1 aromatic heterocycles. The van der Waals surface area contributed by atoms with Gasteiger partial charge in [0.15, 0.2) is 0 Å². The fourth-order valence-corrected chi connectivity index (χ4v) is 6.59. The molecule has 1 saturated heterocycles. The predicted molar refractivity (Wildman–Crippen MR) is 171 cm³/mol. The summed E-state index contributed by atoms with van der Waals surface area (Å²) in [5.41, 5.74) is 7.77. The molecule has 5 rings (SSSR count). The molecule has 1 amide bonds. The molecule has 44 heavy (non-hydrogen) atoms. The second kappa shape index (κ2) is 12.7. The summed E-state index contributed by atoms with van der Waals surface area (Å²) in [7, 11) is -4.23. The van der Waals surface area contributed by atoms with Crippen molar-refractivity contribution in [3.8, 4) is 17.0 Å². The van der Waals surface area contributed by atoms with Gasteiger partial charge in [-0.3, -0.25) is 4.79 Å². The first-order valence-corrected chi connectivity index (χ1v) is 16.1. The predicted octanol–water partition coefficient (Wildman–Crippen LogP) is 6.23. The third kappa shape index (κ3) is 7.02. The Morgan fingerprint density at radius 3 is 2.57 bits per heavy atom. The van der Waals surface area contributed by atoms with Gasteiger partial charge in [-0.2, -0.15) is 0 Å². The van der Waals surface area contributed by atoms with E-state index in [1.165, 1.54) is 30.3 Å². The third-order valence-corrected chi connectivity index (χ3v) is 9.03. The number of carbonyl (C=O) groups is 1. The van der Waals surface area contributed by atoms with Crippen LogP contribution in [0.5, 0.6) is 5.75 Å². The highest BCUT2D eigenvalue weighted by Crippen LogP contribution is 2.39. The number of nitrogen functional groups attached to an aromatic ring is 1. The Labute approximate surface area is 258 Å². The number of nitrogens with zero attached hydrogens (tertiary/aromatic N) is 2. The van der Waals surface area contributed by atoms with Gasteiger partial charge in [0.1, 0.15) is 17.4 Å². The number of anilines is 2. The summed E-state index contributed by atoms with van der Waals surface area (Å²) in [6, 6.07) is 23.3. The van der Waals surface area contributed by atoms with Crippen LogP contribution in [-0.2, 0) is 16.4 Å². The summed E-state index contributed by atoms with van der Waals surface area (Å²) in [4.78, 5) is 20.6. The maximum atomic E-state index is 14.7. The van der Waals surface area contributed by atoms with Crippen LogP contribution >= 0.6 is 0 Å². The number of ether oxygens (including phenoxy) is 1. The number of hydrogen-bond acceptors (Lipinski definition) is 7. The number of sulfonamides is 1. The van der Waals surface area contributed by atoms with E-state index in [1.54, 1.807) is 24.3 Å².